The lowest BCUT2D eigenvalue weighted by Gasteiger charge is -2.34. The van der Waals surface area contributed by atoms with Gasteiger partial charge in [0.15, 0.2) is 0 Å². The van der Waals surface area contributed by atoms with Crippen LogP contribution >= 0.6 is 0 Å². The maximum Gasteiger partial charge on any atom is 0.255 e. The second kappa shape index (κ2) is 9.56. The van der Waals surface area contributed by atoms with Gasteiger partial charge in [-0.25, -0.2) is 8.78 Å². The molecule has 1 aliphatic heterocycles. The summed E-state index contributed by atoms with van der Waals surface area (Å²) >= 11 is 0. The van der Waals surface area contributed by atoms with Gasteiger partial charge >= 0.3 is 0 Å². The number of nitrogens with one attached hydrogen (secondary N) is 1. The molecule has 0 spiro atoms. The molecule has 1 atom stereocenters. The van der Waals surface area contributed by atoms with E-state index < -0.39 is 23.5 Å². The molecule has 0 aliphatic carbocycles. The van der Waals surface area contributed by atoms with Crippen molar-refractivity contribution in [3.8, 4) is 11.5 Å². The minimum atomic E-state index is -0.753. The lowest BCUT2D eigenvalue weighted by atomic mass is 10.1. The zero-order valence-electron chi connectivity index (χ0n) is 16.6. The van der Waals surface area contributed by atoms with Crippen molar-refractivity contribution in [1.29, 1.82) is 0 Å². The number of rotatable bonds is 6. The van der Waals surface area contributed by atoms with Gasteiger partial charge in [0.1, 0.15) is 35.3 Å². The van der Waals surface area contributed by atoms with Crippen molar-refractivity contribution in [3.63, 3.8) is 0 Å². The minimum absolute atomic E-state index is 0.0784. The smallest absolute Gasteiger partial charge is 0.255 e. The molecule has 1 fully saturated rings. The summed E-state index contributed by atoms with van der Waals surface area (Å²) in [7, 11) is 0. The van der Waals surface area contributed by atoms with Crippen molar-refractivity contribution in [2.45, 2.75) is 38.3 Å². The monoisotopic (exact) mass is 418 g/mol. The van der Waals surface area contributed by atoms with Crippen LogP contribution in [0.2, 0.25) is 0 Å². The highest BCUT2D eigenvalue weighted by Gasteiger charge is 2.29. The highest BCUT2D eigenvalue weighted by molar-refractivity contribution is 5.99. The topological polar surface area (TPSA) is 78.9 Å². The van der Waals surface area contributed by atoms with Gasteiger partial charge in [-0.2, -0.15) is 0 Å². The van der Waals surface area contributed by atoms with Gasteiger partial charge in [0.25, 0.3) is 5.91 Å². The molecule has 0 unspecified atom stereocenters. The van der Waals surface area contributed by atoms with Crippen LogP contribution in [0.3, 0.4) is 0 Å². The second-order valence-corrected chi connectivity index (χ2v) is 7.19. The predicted octanol–water partition coefficient (Wildman–Crippen LogP) is 3.25. The summed E-state index contributed by atoms with van der Waals surface area (Å²) in [5.41, 5.74) is -0.0888. The number of carbonyl (C=O) groups excluding carboxylic acids is 2. The molecule has 6 nitrogen and oxygen atoms in total. The summed E-state index contributed by atoms with van der Waals surface area (Å²) < 4.78 is 31.9. The van der Waals surface area contributed by atoms with Gasteiger partial charge < -0.3 is 20.1 Å². The molecule has 1 heterocycles. The van der Waals surface area contributed by atoms with Gasteiger partial charge in [0.05, 0.1) is 5.56 Å². The van der Waals surface area contributed by atoms with Crippen LogP contribution in [0.1, 0.15) is 36.5 Å². The molecular weight excluding hydrogens is 394 g/mol. The summed E-state index contributed by atoms with van der Waals surface area (Å²) in [6.45, 7) is 2.72. The molecule has 3 rings (SSSR count). The van der Waals surface area contributed by atoms with E-state index in [1.54, 1.807) is 24.0 Å². The van der Waals surface area contributed by atoms with Gasteiger partial charge in [0, 0.05) is 32.0 Å². The lowest BCUT2D eigenvalue weighted by molar-refractivity contribution is -0.135. The molecule has 2 amide bonds. The standard InChI is InChI=1S/C22H24F2N2O4/c1-2-19(25-21(28)18-8-5-15(24)13-20(18)27)22(29)26-11-9-17(10-12-26)30-16-6-3-14(23)4-7-16/h3-8,13,17,19,27H,2,9-12H2,1H3,(H,25,28)/t19-/m0/s1. The van der Waals surface area contributed by atoms with E-state index in [2.05, 4.69) is 5.32 Å². The number of hydrogen-bond acceptors (Lipinski definition) is 4. The Kier molecular flexibility index (Phi) is 6.87. The van der Waals surface area contributed by atoms with Gasteiger partial charge in [-0.1, -0.05) is 6.92 Å². The van der Waals surface area contributed by atoms with E-state index >= 15 is 0 Å². The Morgan fingerprint density at radius 1 is 1.13 bits per heavy atom. The molecular formula is C22H24F2N2O4. The van der Waals surface area contributed by atoms with Crippen LogP contribution < -0.4 is 10.1 Å². The number of likely N-dealkylation sites (tertiary alicyclic amines) is 1. The fraction of sp³-hybridized carbons (Fsp3) is 0.364. The Hall–Kier alpha value is -3.16. The number of halogens is 2. The molecule has 30 heavy (non-hydrogen) atoms. The van der Waals surface area contributed by atoms with Crippen molar-refractivity contribution in [2.24, 2.45) is 0 Å². The first-order valence-corrected chi connectivity index (χ1v) is 9.87. The molecule has 1 aliphatic rings. The highest BCUT2D eigenvalue weighted by atomic mass is 19.1. The van der Waals surface area contributed by atoms with Crippen molar-refractivity contribution in [3.05, 3.63) is 59.7 Å². The number of phenolic OH excluding ortho intramolecular Hbond substituents is 1. The van der Waals surface area contributed by atoms with Crippen LogP contribution in [-0.4, -0.2) is 47.1 Å². The molecule has 0 radical (unpaired) electrons. The fourth-order valence-electron chi connectivity index (χ4n) is 3.39. The number of carbonyl (C=O) groups is 2. The van der Waals surface area contributed by atoms with Crippen molar-refractivity contribution < 1.29 is 28.2 Å². The van der Waals surface area contributed by atoms with E-state index in [9.17, 15) is 23.5 Å². The molecule has 2 N–H and O–H groups in total. The predicted molar refractivity (Wildman–Crippen MR) is 106 cm³/mol. The molecule has 0 aromatic heterocycles. The third kappa shape index (κ3) is 5.25. The normalized spacial score (nSPS) is 15.5. The number of piperidine rings is 1. The number of aromatic hydroxyl groups is 1. The van der Waals surface area contributed by atoms with E-state index in [4.69, 9.17) is 4.74 Å². The van der Waals surface area contributed by atoms with Crippen LogP contribution in [0.25, 0.3) is 0 Å². The first kappa shape index (κ1) is 21.5. The van der Waals surface area contributed by atoms with Crippen molar-refractivity contribution >= 4 is 11.8 Å². The average Bonchev–Trinajstić information content (AvgIpc) is 2.73. The van der Waals surface area contributed by atoms with E-state index in [0.717, 1.165) is 12.1 Å². The van der Waals surface area contributed by atoms with E-state index in [-0.39, 0.29) is 23.4 Å². The third-order valence-corrected chi connectivity index (χ3v) is 5.09. The number of benzene rings is 2. The molecule has 8 heteroatoms. The Bertz CT molecular complexity index is 897. The maximum absolute atomic E-state index is 13.1. The minimum Gasteiger partial charge on any atom is -0.507 e. The fourth-order valence-corrected chi connectivity index (χ4v) is 3.39. The SMILES string of the molecule is CC[C@H](NC(=O)c1ccc(F)cc1O)C(=O)N1CCC(Oc2ccc(F)cc2)CC1. The van der Waals surface area contributed by atoms with Crippen LogP contribution in [0.5, 0.6) is 11.5 Å². The maximum atomic E-state index is 13.1. The highest BCUT2D eigenvalue weighted by Crippen LogP contribution is 2.21. The first-order chi connectivity index (χ1) is 14.4. The van der Waals surface area contributed by atoms with Crippen LogP contribution in [0, 0.1) is 11.6 Å². The molecule has 0 saturated carbocycles. The van der Waals surface area contributed by atoms with Gasteiger partial charge in [-0.3, -0.25) is 9.59 Å². The number of hydrogen-bond donors (Lipinski definition) is 2. The second-order valence-electron chi connectivity index (χ2n) is 7.19. The quantitative estimate of drug-likeness (QED) is 0.755. The number of amides is 2. The Morgan fingerprint density at radius 3 is 2.37 bits per heavy atom. The molecule has 1 saturated heterocycles. The van der Waals surface area contributed by atoms with E-state index in [1.807, 2.05) is 0 Å². The average molecular weight is 418 g/mol. The lowest BCUT2D eigenvalue weighted by Crippen LogP contribution is -2.51. The zero-order chi connectivity index (χ0) is 21.7. The Balaban J connectivity index is 1.54. The van der Waals surface area contributed by atoms with Gasteiger partial charge in [-0.15, -0.1) is 0 Å². The molecule has 160 valence electrons. The van der Waals surface area contributed by atoms with E-state index in [0.29, 0.717) is 38.1 Å². The zero-order valence-corrected chi connectivity index (χ0v) is 16.6. The Morgan fingerprint density at radius 2 is 1.77 bits per heavy atom. The number of nitrogens with zero attached hydrogens (tertiary/aromatic N) is 1. The van der Waals surface area contributed by atoms with Crippen LogP contribution in [0.15, 0.2) is 42.5 Å². The largest absolute Gasteiger partial charge is 0.507 e. The summed E-state index contributed by atoms with van der Waals surface area (Å²) in [5, 5.41) is 12.4. The summed E-state index contributed by atoms with van der Waals surface area (Å²) in [5.74, 6) is -1.73. The number of phenols is 1. The molecule has 2 aromatic carbocycles. The molecule has 2 aromatic rings. The van der Waals surface area contributed by atoms with Crippen molar-refractivity contribution in [1.82, 2.24) is 10.2 Å². The van der Waals surface area contributed by atoms with Crippen LogP contribution in [0.4, 0.5) is 8.78 Å². The summed E-state index contributed by atoms with van der Waals surface area (Å²) in [6, 6.07) is 8.16. The summed E-state index contributed by atoms with van der Waals surface area (Å²) in [4.78, 5) is 26.9. The van der Waals surface area contributed by atoms with Crippen molar-refractivity contribution in [2.75, 3.05) is 13.1 Å². The molecule has 0 bridgehead atoms. The third-order valence-electron chi connectivity index (χ3n) is 5.09. The first-order valence-electron chi connectivity index (χ1n) is 9.87. The van der Waals surface area contributed by atoms with Crippen LogP contribution in [-0.2, 0) is 4.79 Å². The van der Waals surface area contributed by atoms with E-state index in [1.165, 1.54) is 18.2 Å². The Labute approximate surface area is 173 Å². The number of ether oxygens (including phenoxy) is 1. The van der Waals surface area contributed by atoms with Gasteiger partial charge in [0.2, 0.25) is 5.91 Å². The van der Waals surface area contributed by atoms with Gasteiger partial charge in [-0.05, 0) is 42.8 Å². The summed E-state index contributed by atoms with van der Waals surface area (Å²) in [6.07, 6.45) is 1.53.